The van der Waals surface area contributed by atoms with Gasteiger partial charge in [-0.25, -0.2) is 0 Å². The summed E-state index contributed by atoms with van der Waals surface area (Å²) in [7, 11) is 0. The van der Waals surface area contributed by atoms with Crippen molar-refractivity contribution in [3.8, 4) is 0 Å². The summed E-state index contributed by atoms with van der Waals surface area (Å²) in [5.41, 5.74) is 4.95. The van der Waals surface area contributed by atoms with Gasteiger partial charge >= 0.3 is 0 Å². The monoisotopic (exact) mass is 354 g/mol. The van der Waals surface area contributed by atoms with Crippen LogP contribution in [0.5, 0.6) is 0 Å². The first-order valence-electron chi connectivity index (χ1n) is 8.55. The molecule has 0 fully saturated rings. The highest BCUT2D eigenvalue weighted by molar-refractivity contribution is 6.30. The van der Waals surface area contributed by atoms with Crippen molar-refractivity contribution in [3.63, 3.8) is 0 Å². The smallest absolute Gasteiger partial charge is 0.234 e. The number of nitrogens with zero attached hydrogens (tertiary/aromatic N) is 1. The quantitative estimate of drug-likeness (QED) is 0.908. The first kappa shape index (κ1) is 16.2. The number of amides is 2. The maximum atomic E-state index is 12.4. The lowest BCUT2D eigenvalue weighted by atomic mass is 9.96. The number of rotatable bonds is 3. The summed E-state index contributed by atoms with van der Waals surface area (Å²) >= 11 is 5.88. The first-order chi connectivity index (χ1) is 12.0. The van der Waals surface area contributed by atoms with Crippen molar-refractivity contribution in [2.75, 3.05) is 16.8 Å². The summed E-state index contributed by atoms with van der Waals surface area (Å²) in [6.45, 7) is 2.74. The molecule has 1 atom stereocenters. The van der Waals surface area contributed by atoms with Crippen molar-refractivity contribution in [3.05, 3.63) is 58.1 Å². The van der Waals surface area contributed by atoms with Gasteiger partial charge in [-0.15, -0.1) is 0 Å². The van der Waals surface area contributed by atoms with Crippen LogP contribution < -0.4 is 10.2 Å². The van der Waals surface area contributed by atoms with Crippen LogP contribution in [-0.2, 0) is 22.4 Å². The van der Waals surface area contributed by atoms with Crippen LogP contribution >= 0.6 is 11.6 Å². The summed E-state index contributed by atoms with van der Waals surface area (Å²) in [5.74, 6) is -0.0420. The molecule has 0 aromatic heterocycles. The van der Waals surface area contributed by atoms with Gasteiger partial charge in [-0.05, 0) is 60.7 Å². The average Bonchev–Trinajstić information content (AvgIpc) is 2.84. The van der Waals surface area contributed by atoms with E-state index < -0.39 is 0 Å². The van der Waals surface area contributed by atoms with Crippen molar-refractivity contribution >= 4 is 34.8 Å². The van der Waals surface area contributed by atoms with Crippen LogP contribution in [0.15, 0.2) is 36.4 Å². The van der Waals surface area contributed by atoms with E-state index >= 15 is 0 Å². The first-order valence-corrected chi connectivity index (χ1v) is 8.93. The number of halogens is 1. The summed E-state index contributed by atoms with van der Waals surface area (Å²) < 4.78 is 0. The topological polar surface area (TPSA) is 49.4 Å². The molecule has 0 bridgehead atoms. The van der Waals surface area contributed by atoms with Gasteiger partial charge < -0.3 is 10.2 Å². The van der Waals surface area contributed by atoms with E-state index in [9.17, 15) is 9.59 Å². The zero-order chi connectivity index (χ0) is 17.6. The molecule has 0 aliphatic carbocycles. The molecule has 2 aromatic carbocycles. The molecule has 128 valence electrons. The Bertz CT molecular complexity index is 861. The average molecular weight is 355 g/mol. The van der Waals surface area contributed by atoms with Crippen molar-refractivity contribution in [1.82, 2.24) is 0 Å². The largest absolute Gasteiger partial charge is 0.326 e. The molecule has 1 unspecified atom stereocenters. The predicted octanol–water partition coefficient (Wildman–Crippen LogP) is 3.92. The Balaban J connectivity index is 1.57. The van der Waals surface area contributed by atoms with E-state index in [1.807, 2.05) is 36.1 Å². The van der Waals surface area contributed by atoms with Gasteiger partial charge in [-0.1, -0.05) is 23.7 Å². The molecule has 4 rings (SSSR count). The van der Waals surface area contributed by atoms with E-state index in [0.29, 0.717) is 11.4 Å². The Morgan fingerprint density at radius 2 is 2.04 bits per heavy atom. The number of aryl methyl sites for hydroxylation is 1. The molecule has 5 heteroatoms. The van der Waals surface area contributed by atoms with Gasteiger partial charge in [0.1, 0.15) is 0 Å². The third-order valence-corrected chi connectivity index (χ3v) is 5.23. The molecule has 0 saturated carbocycles. The fourth-order valence-corrected chi connectivity index (χ4v) is 3.89. The summed E-state index contributed by atoms with van der Waals surface area (Å²) in [6, 6.07) is 11.2. The normalized spacial score (nSPS) is 18.2. The van der Waals surface area contributed by atoms with Crippen LogP contribution in [0, 0.1) is 0 Å². The highest BCUT2D eigenvalue weighted by atomic mass is 35.5. The van der Waals surface area contributed by atoms with E-state index in [4.69, 9.17) is 11.6 Å². The van der Waals surface area contributed by atoms with Crippen molar-refractivity contribution in [1.29, 1.82) is 0 Å². The number of benzene rings is 2. The SMILES string of the molecule is CC1C(=O)N2CCCc3cc(NC(=O)Cc4ccc(Cl)cc4)cc1c32. The Labute approximate surface area is 151 Å². The number of hydrogen-bond donors (Lipinski definition) is 1. The fraction of sp³-hybridized carbons (Fsp3) is 0.300. The Morgan fingerprint density at radius 1 is 1.28 bits per heavy atom. The third kappa shape index (κ3) is 2.91. The minimum Gasteiger partial charge on any atom is -0.326 e. The van der Waals surface area contributed by atoms with E-state index in [1.165, 1.54) is 0 Å². The van der Waals surface area contributed by atoms with E-state index in [0.717, 1.165) is 47.5 Å². The lowest BCUT2D eigenvalue weighted by molar-refractivity contribution is -0.119. The van der Waals surface area contributed by atoms with Gasteiger partial charge in [-0.2, -0.15) is 0 Å². The number of hydrogen-bond acceptors (Lipinski definition) is 2. The number of nitrogens with one attached hydrogen (secondary N) is 1. The minimum atomic E-state index is -0.139. The second-order valence-corrected chi connectivity index (χ2v) is 7.18. The molecule has 2 aliphatic rings. The van der Waals surface area contributed by atoms with Crippen LogP contribution in [0.2, 0.25) is 5.02 Å². The molecule has 2 aromatic rings. The summed E-state index contributed by atoms with van der Waals surface area (Å²) in [5, 5.41) is 3.64. The van der Waals surface area contributed by atoms with Crippen LogP contribution in [0.4, 0.5) is 11.4 Å². The second kappa shape index (κ2) is 6.19. The Morgan fingerprint density at radius 3 is 2.80 bits per heavy atom. The van der Waals surface area contributed by atoms with Crippen LogP contribution in [0.25, 0.3) is 0 Å². The lowest BCUT2D eigenvalue weighted by Crippen LogP contribution is -2.32. The van der Waals surface area contributed by atoms with E-state index in [-0.39, 0.29) is 17.7 Å². The standard InChI is InChI=1S/C20H19ClN2O2/c1-12-17-11-16(10-14-3-2-8-23(19(14)17)20(12)25)22-18(24)9-13-4-6-15(21)7-5-13/h4-7,10-12H,2-3,8-9H2,1H3,(H,22,24). The number of anilines is 2. The zero-order valence-corrected chi connectivity index (χ0v) is 14.8. The molecule has 2 amide bonds. The maximum absolute atomic E-state index is 12.4. The predicted molar refractivity (Wildman–Crippen MR) is 99.3 cm³/mol. The van der Waals surface area contributed by atoms with Gasteiger partial charge in [-0.3, -0.25) is 9.59 Å². The summed E-state index contributed by atoms with van der Waals surface area (Å²) in [6.07, 6.45) is 2.21. The molecule has 0 spiro atoms. The molecule has 1 N–H and O–H groups in total. The van der Waals surface area contributed by atoms with Crippen LogP contribution in [0.3, 0.4) is 0 Å². The molecule has 25 heavy (non-hydrogen) atoms. The van der Waals surface area contributed by atoms with E-state index in [2.05, 4.69) is 5.32 Å². The fourth-order valence-electron chi connectivity index (χ4n) is 3.76. The molecule has 4 nitrogen and oxygen atoms in total. The second-order valence-electron chi connectivity index (χ2n) is 6.74. The molecule has 0 radical (unpaired) electrons. The van der Waals surface area contributed by atoms with Crippen molar-refractivity contribution in [2.45, 2.75) is 32.1 Å². The minimum absolute atomic E-state index is 0.0703. The van der Waals surface area contributed by atoms with Gasteiger partial charge in [0, 0.05) is 17.3 Å². The van der Waals surface area contributed by atoms with Crippen LogP contribution in [0.1, 0.15) is 36.0 Å². The highest BCUT2D eigenvalue weighted by Crippen LogP contribution is 2.44. The van der Waals surface area contributed by atoms with Gasteiger partial charge in [0.05, 0.1) is 18.0 Å². The van der Waals surface area contributed by atoms with Crippen molar-refractivity contribution in [2.24, 2.45) is 0 Å². The molecular weight excluding hydrogens is 336 g/mol. The third-order valence-electron chi connectivity index (χ3n) is 4.98. The molecule has 0 saturated heterocycles. The molecular formula is C20H19ClN2O2. The van der Waals surface area contributed by atoms with Gasteiger partial charge in [0.25, 0.3) is 0 Å². The van der Waals surface area contributed by atoms with E-state index in [1.54, 1.807) is 12.1 Å². The van der Waals surface area contributed by atoms with Crippen molar-refractivity contribution < 1.29 is 9.59 Å². The number of carbonyl (C=O) groups excluding carboxylic acids is 2. The highest BCUT2D eigenvalue weighted by Gasteiger charge is 2.37. The Kier molecular flexibility index (Phi) is 4.00. The zero-order valence-electron chi connectivity index (χ0n) is 14.0. The van der Waals surface area contributed by atoms with Gasteiger partial charge in [0.15, 0.2) is 0 Å². The summed E-state index contributed by atoms with van der Waals surface area (Å²) in [4.78, 5) is 26.7. The maximum Gasteiger partial charge on any atom is 0.234 e. The Hall–Kier alpha value is -2.33. The lowest BCUT2D eigenvalue weighted by Gasteiger charge is -2.26. The van der Waals surface area contributed by atoms with Crippen LogP contribution in [-0.4, -0.2) is 18.4 Å². The van der Waals surface area contributed by atoms with Gasteiger partial charge in [0.2, 0.25) is 11.8 Å². The molecule has 2 heterocycles. The molecule has 2 aliphatic heterocycles. The number of carbonyl (C=O) groups is 2.